The van der Waals surface area contributed by atoms with Crippen LogP contribution >= 0.6 is 11.6 Å². The molecule has 1 saturated heterocycles. The third-order valence-electron chi connectivity index (χ3n) is 4.66. The molecular formula is C15H20ClFN2. The van der Waals surface area contributed by atoms with Crippen LogP contribution in [0.15, 0.2) is 18.2 Å². The average molecular weight is 283 g/mol. The first kappa shape index (κ1) is 13.3. The summed E-state index contributed by atoms with van der Waals surface area (Å²) in [5.74, 6) is 1.02. The monoisotopic (exact) mass is 282 g/mol. The molecule has 1 aromatic carbocycles. The fourth-order valence-corrected chi connectivity index (χ4v) is 3.84. The molecule has 19 heavy (non-hydrogen) atoms. The Morgan fingerprint density at radius 1 is 1.32 bits per heavy atom. The molecule has 3 rings (SSSR count). The van der Waals surface area contributed by atoms with Crippen molar-refractivity contribution >= 4 is 11.6 Å². The van der Waals surface area contributed by atoms with Crippen LogP contribution < -0.4 is 5.73 Å². The van der Waals surface area contributed by atoms with Crippen molar-refractivity contribution in [3.8, 4) is 0 Å². The van der Waals surface area contributed by atoms with Crippen molar-refractivity contribution < 1.29 is 4.39 Å². The molecule has 0 bridgehead atoms. The van der Waals surface area contributed by atoms with Gasteiger partial charge < -0.3 is 5.73 Å². The van der Waals surface area contributed by atoms with Crippen LogP contribution in [0.25, 0.3) is 0 Å². The number of fused-ring (bicyclic) bond motifs is 1. The van der Waals surface area contributed by atoms with E-state index in [-0.39, 0.29) is 10.8 Å². The minimum absolute atomic E-state index is 0.214. The zero-order chi connectivity index (χ0) is 13.4. The number of benzene rings is 1. The topological polar surface area (TPSA) is 29.3 Å². The van der Waals surface area contributed by atoms with Crippen LogP contribution in [-0.2, 0) is 6.54 Å². The molecule has 4 heteroatoms. The molecular weight excluding hydrogens is 263 g/mol. The number of likely N-dealkylation sites (tertiary alicyclic amines) is 1. The minimum Gasteiger partial charge on any atom is -0.327 e. The fourth-order valence-electron chi connectivity index (χ4n) is 3.65. The van der Waals surface area contributed by atoms with E-state index < -0.39 is 0 Å². The number of nitrogens with two attached hydrogens (primary N) is 1. The first-order valence-corrected chi connectivity index (χ1v) is 7.44. The maximum atomic E-state index is 13.9. The summed E-state index contributed by atoms with van der Waals surface area (Å²) in [5, 5.41) is 0.214. The van der Waals surface area contributed by atoms with Gasteiger partial charge in [-0.3, -0.25) is 4.90 Å². The molecule has 1 saturated carbocycles. The Morgan fingerprint density at radius 3 is 2.95 bits per heavy atom. The number of nitrogens with zero attached hydrogens (tertiary/aromatic N) is 1. The van der Waals surface area contributed by atoms with E-state index in [9.17, 15) is 4.39 Å². The SMILES string of the molecule is NC1CCCC2CN(Cc3cccc(Cl)c3F)CC12. The third kappa shape index (κ3) is 2.64. The third-order valence-corrected chi connectivity index (χ3v) is 4.95. The first-order chi connectivity index (χ1) is 9.15. The van der Waals surface area contributed by atoms with Crippen molar-refractivity contribution in [3.05, 3.63) is 34.6 Å². The molecule has 0 spiro atoms. The quantitative estimate of drug-likeness (QED) is 0.903. The molecule has 3 unspecified atom stereocenters. The summed E-state index contributed by atoms with van der Waals surface area (Å²) in [7, 11) is 0. The highest BCUT2D eigenvalue weighted by molar-refractivity contribution is 6.30. The van der Waals surface area contributed by atoms with E-state index in [1.807, 2.05) is 12.1 Å². The lowest BCUT2D eigenvalue weighted by Gasteiger charge is -2.29. The zero-order valence-electron chi connectivity index (χ0n) is 11.0. The Kier molecular flexibility index (Phi) is 3.79. The molecule has 104 valence electrons. The van der Waals surface area contributed by atoms with E-state index in [4.69, 9.17) is 17.3 Å². The summed E-state index contributed by atoms with van der Waals surface area (Å²) in [6.45, 7) is 2.69. The Bertz CT molecular complexity index is 465. The molecule has 2 fully saturated rings. The van der Waals surface area contributed by atoms with Gasteiger partial charge in [0.1, 0.15) is 5.82 Å². The molecule has 1 aliphatic carbocycles. The molecule has 2 N–H and O–H groups in total. The van der Waals surface area contributed by atoms with Gasteiger partial charge in [-0.1, -0.05) is 30.2 Å². The van der Waals surface area contributed by atoms with Crippen LogP contribution in [-0.4, -0.2) is 24.0 Å². The van der Waals surface area contributed by atoms with Gasteiger partial charge in [0.15, 0.2) is 0 Å². The van der Waals surface area contributed by atoms with Gasteiger partial charge >= 0.3 is 0 Å². The van der Waals surface area contributed by atoms with Gasteiger partial charge in [0.05, 0.1) is 5.02 Å². The summed E-state index contributed by atoms with van der Waals surface area (Å²) < 4.78 is 13.9. The average Bonchev–Trinajstić information content (AvgIpc) is 2.79. The van der Waals surface area contributed by atoms with Crippen molar-refractivity contribution in [1.29, 1.82) is 0 Å². The molecule has 0 aromatic heterocycles. The Labute approximate surface area is 118 Å². The van der Waals surface area contributed by atoms with Gasteiger partial charge in [0, 0.05) is 31.2 Å². The van der Waals surface area contributed by atoms with Crippen molar-refractivity contribution in [2.24, 2.45) is 17.6 Å². The van der Waals surface area contributed by atoms with Gasteiger partial charge in [-0.2, -0.15) is 0 Å². The second kappa shape index (κ2) is 5.39. The van der Waals surface area contributed by atoms with Crippen molar-refractivity contribution in [2.75, 3.05) is 13.1 Å². The van der Waals surface area contributed by atoms with E-state index in [2.05, 4.69) is 4.90 Å². The van der Waals surface area contributed by atoms with Crippen LogP contribution in [0.4, 0.5) is 4.39 Å². The number of rotatable bonds is 2. The van der Waals surface area contributed by atoms with Gasteiger partial charge in [-0.15, -0.1) is 0 Å². The number of hydrogen-bond donors (Lipinski definition) is 1. The summed E-state index contributed by atoms with van der Waals surface area (Å²) in [6.07, 6.45) is 3.65. The molecule has 1 aromatic rings. The normalized spacial score (nSPS) is 31.4. The summed E-state index contributed by atoms with van der Waals surface area (Å²) >= 11 is 5.83. The molecule has 1 heterocycles. The lowest BCUT2D eigenvalue weighted by molar-refractivity contribution is 0.259. The van der Waals surface area contributed by atoms with Crippen molar-refractivity contribution in [3.63, 3.8) is 0 Å². The zero-order valence-corrected chi connectivity index (χ0v) is 11.7. The van der Waals surface area contributed by atoms with Crippen LogP contribution in [0.5, 0.6) is 0 Å². The fraction of sp³-hybridized carbons (Fsp3) is 0.600. The van der Waals surface area contributed by atoms with E-state index in [0.29, 0.717) is 30.0 Å². The van der Waals surface area contributed by atoms with Crippen LogP contribution in [0.3, 0.4) is 0 Å². The Balaban J connectivity index is 1.70. The van der Waals surface area contributed by atoms with Crippen molar-refractivity contribution in [2.45, 2.75) is 31.8 Å². The van der Waals surface area contributed by atoms with Crippen LogP contribution in [0.2, 0.25) is 5.02 Å². The predicted octanol–water partition coefficient (Wildman–Crippen LogP) is 3.04. The van der Waals surface area contributed by atoms with E-state index in [1.54, 1.807) is 6.07 Å². The Hall–Kier alpha value is -0.640. The predicted molar refractivity (Wildman–Crippen MR) is 75.5 cm³/mol. The van der Waals surface area contributed by atoms with Gasteiger partial charge in [0.25, 0.3) is 0 Å². The number of hydrogen-bond acceptors (Lipinski definition) is 2. The minimum atomic E-state index is -0.275. The van der Waals surface area contributed by atoms with E-state index in [1.165, 1.54) is 12.8 Å². The largest absolute Gasteiger partial charge is 0.327 e. The molecule has 1 aliphatic heterocycles. The summed E-state index contributed by atoms with van der Waals surface area (Å²) in [6, 6.07) is 5.56. The Morgan fingerprint density at radius 2 is 2.16 bits per heavy atom. The highest BCUT2D eigenvalue weighted by Crippen LogP contribution is 2.36. The summed E-state index contributed by atoms with van der Waals surface area (Å²) in [4.78, 5) is 2.33. The van der Waals surface area contributed by atoms with Gasteiger partial charge in [0.2, 0.25) is 0 Å². The molecule has 0 amide bonds. The van der Waals surface area contributed by atoms with E-state index >= 15 is 0 Å². The second-order valence-electron chi connectivity index (χ2n) is 5.93. The van der Waals surface area contributed by atoms with Crippen LogP contribution in [0, 0.1) is 17.7 Å². The molecule has 2 aliphatic rings. The lowest BCUT2D eigenvalue weighted by atomic mass is 9.78. The maximum Gasteiger partial charge on any atom is 0.146 e. The molecule has 0 radical (unpaired) electrons. The standard InChI is InChI=1S/C15H20ClFN2/c16-13-5-1-4-11(15(13)17)8-19-7-10-3-2-6-14(18)12(10)9-19/h1,4-5,10,12,14H,2-3,6-9,18H2. The molecule has 2 nitrogen and oxygen atoms in total. The maximum absolute atomic E-state index is 13.9. The lowest BCUT2D eigenvalue weighted by Crippen LogP contribution is -2.38. The smallest absolute Gasteiger partial charge is 0.146 e. The molecule has 3 atom stereocenters. The van der Waals surface area contributed by atoms with Crippen LogP contribution in [0.1, 0.15) is 24.8 Å². The first-order valence-electron chi connectivity index (χ1n) is 7.06. The summed E-state index contributed by atoms with van der Waals surface area (Å²) in [5.41, 5.74) is 6.90. The highest BCUT2D eigenvalue weighted by Gasteiger charge is 2.38. The second-order valence-corrected chi connectivity index (χ2v) is 6.33. The van der Waals surface area contributed by atoms with E-state index in [0.717, 1.165) is 19.5 Å². The number of halogens is 2. The van der Waals surface area contributed by atoms with Gasteiger partial charge in [-0.25, -0.2) is 4.39 Å². The highest BCUT2D eigenvalue weighted by atomic mass is 35.5. The van der Waals surface area contributed by atoms with Gasteiger partial charge in [-0.05, 0) is 30.7 Å². The van der Waals surface area contributed by atoms with Crippen molar-refractivity contribution in [1.82, 2.24) is 4.90 Å².